The van der Waals surface area contributed by atoms with Crippen LogP contribution in [0.25, 0.3) is 0 Å². The van der Waals surface area contributed by atoms with E-state index >= 15 is 0 Å². The zero-order valence-corrected chi connectivity index (χ0v) is 11.8. The highest BCUT2D eigenvalue weighted by molar-refractivity contribution is 7.89. The SMILES string of the molecule is CC(C)(C)OC(=O)CNS(=O)(=O)c1ccc(O)cc1. The summed E-state index contributed by atoms with van der Waals surface area (Å²) in [5.41, 5.74) is -0.666. The van der Waals surface area contributed by atoms with Gasteiger partial charge in [0.25, 0.3) is 0 Å². The first kappa shape index (κ1) is 15.5. The summed E-state index contributed by atoms with van der Waals surface area (Å²) in [7, 11) is -3.79. The van der Waals surface area contributed by atoms with E-state index in [1.54, 1.807) is 20.8 Å². The highest BCUT2D eigenvalue weighted by Crippen LogP contribution is 2.14. The third kappa shape index (κ3) is 5.27. The molecule has 0 aliphatic heterocycles. The van der Waals surface area contributed by atoms with E-state index in [-0.39, 0.29) is 10.6 Å². The largest absolute Gasteiger partial charge is 0.508 e. The molecule has 6 nitrogen and oxygen atoms in total. The van der Waals surface area contributed by atoms with Crippen molar-refractivity contribution in [2.24, 2.45) is 0 Å². The van der Waals surface area contributed by atoms with E-state index < -0.39 is 28.1 Å². The molecule has 0 amide bonds. The molecular formula is C12H17NO5S. The Morgan fingerprint density at radius 3 is 2.26 bits per heavy atom. The van der Waals surface area contributed by atoms with Crippen LogP contribution in [0.4, 0.5) is 0 Å². The number of rotatable bonds is 4. The van der Waals surface area contributed by atoms with Crippen molar-refractivity contribution in [2.75, 3.05) is 6.54 Å². The second-order valence-corrected chi connectivity index (χ2v) is 6.67. The molecule has 7 heteroatoms. The number of carbonyl (C=O) groups is 1. The number of esters is 1. The van der Waals surface area contributed by atoms with Crippen LogP contribution in [0.3, 0.4) is 0 Å². The summed E-state index contributed by atoms with van der Waals surface area (Å²) in [6.07, 6.45) is 0. The molecule has 1 rings (SSSR count). The average Bonchev–Trinajstić information content (AvgIpc) is 2.25. The Bertz CT molecular complexity index is 542. The molecule has 1 aromatic carbocycles. The number of phenolic OH excluding ortho intramolecular Hbond substituents is 1. The van der Waals surface area contributed by atoms with E-state index in [9.17, 15) is 13.2 Å². The molecule has 0 unspecified atom stereocenters. The topological polar surface area (TPSA) is 92.7 Å². The van der Waals surface area contributed by atoms with E-state index in [0.717, 1.165) is 0 Å². The lowest BCUT2D eigenvalue weighted by Gasteiger charge is -2.19. The van der Waals surface area contributed by atoms with Gasteiger partial charge in [0.2, 0.25) is 10.0 Å². The van der Waals surface area contributed by atoms with E-state index in [2.05, 4.69) is 4.72 Å². The summed E-state index contributed by atoms with van der Waals surface area (Å²) < 4.78 is 30.7. The lowest BCUT2D eigenvalue weighted by atomic mass is 10.2. The van der Waals surface area contributed by atoms with Gasteiger partial charge in [0.15, 0.2) is 0 Å². The van der Waals surface area contributed by atoms with Crippen molar-refractivity contribution >= 4 is 16.0 Å². The van der Waals surface area contributed by atoms with E-state index in [1.165, 1.54) is 24.3 Å². The molecule has 19 heavy (non-hydrogen) atoms. The highest BCUT2D eigenvalue weighted by atomic mass is 32.2. The van der Waals surface area contributed by atoms with Gasteiger partial charge in [-0.25, -0.2) is 8.42 Å². The number of carbonyl (C=O) groups excluding carboxylic acids is 1. The second-order valence-electron chi connectivity index (χ2n) is 4.90. The number of nitrogens with one attached hydrogen (secondary N) is 1. The van der Waals surface area contributed by atoms with Crippen molar-refractivity contribution in [1.82, 2.24) is 4.72 Å². The number of benzene rings is 1. The summed E-state index contributed by atoms with van der Waals surface area (Å²) in [5, 5.41) is 9.08. The smallest absolute Gasteiger partial charge is 0.321 e. The Labute approximate surface area is 112 Å². The molecule has 0 radical (unpaired) electrons. The van der Waals surface area contributed by atoms with E-state index in [0.29, 0.717) is 0 Å². The minimum absolute atomic E-state index is 0.0335. The van der Waals surface area contributed by atoms with Crippen LogP contribution in [0.1, 0.15) is 20.8 Å². The fraction of sp³-hybridized carbons (Fsp3) is 0.417. The molecule has 106 valence electrons. The molecular weight excluding hydrogens is 270 g/mol. The monoisotopic (exact) mass is 287 g/mol. The molecule has 0 aliphatic carbocycles. The first-order valence-electron chi connectivity index (χ1n) is 5.61. The van der Waals surface area contributed by atoms with Crippen LogP contribution in [0, 0.1) is 0 Å². The maximum absolute atomic E-state index is 11.8. The second kappa shape index (κ2) is 5.58. The summed E-state index contributed by atoms with van der Waals surface area (Å²) in [6, 6.07) is 4.99. The maximum atomic E-state index is 11.8. The van der Waals surface area contributed by atoms with E-state index in [4.69, 9.17) is 9.84 Å². The van der Waals surface area contributed by atoms with Crippen molar-refractivity contribution in [3.05, 3.63) is 24.3 Å². The Morgan fingerprint density at radius 2 is 1.79 bits per heavy atom. The van der Waals surface area contributed by atoms with Gasteiger partial charge >= 0.3 is 5.97 Å². The van der Waals surface area contributed by atoms with Gasteiger partial charge in [0.05, 0.1) is 4.90 Å². The van der Waals surface area contributed by atoms with Crippen molar-refractivity contribution < 1.29 is 23.1 Å². The zero-order chi connectivity index (χ0) is 14.7. The van der Waals surface area contributed by atoms with Crippen LogP contribution in [0.15, 0.2) is 29.2 Å². The van der Waals surface area contributed by atoms with Crippen molar-refractivity contribution in [3.8, 4) is 5.75 Å². The summed E-state index contributed by atoms with van der Waals surface area (Å²) in [4.78, 5) is 11.4. The molecule has 0 fully saturated rings. The molecule has 2 N–H and O–H groups in total. The first-order chi connectivity index (χ1) is 8.60. The van der Waals surface area contributed by atoms with Crippen LogP contribution < -0.4 is 4.72 Å². The fourth-order valence-electron chi connectivity index (χ4n) is 1.24. The van der Waals surface area contributed by atoms with Crippen molar-refractivity contribution in [3.63, 3.8) is 0 Å². The minimum atomic E-state index is -3.79. The molecule has 0 atom stereocenters. The molecule has 0 heterocycles. The predicted octanol–water partition coefficient (Wildman–Crippen LogP) is 1.01. The van der Waals surface area contributed by atoms with Crippen LogP contribution in [-0.4, -0.2) is 31.6 Å². The van der Waals surface area contributed by atoms with Gasteiger partial charge < -0.3 is 9.84 Å². The van der Waals surface area contributed by atoms with E-state index in [1.807, 2.05) is 0 Å². The highest BCUT2D eigenvalue weighted by Gasteiger charge is 2.19. The lowest BCUT2D eigenvalue weighted by Crippen LogP contribution is -2.34. The van der Waals surface area contributed by atoms with Crippen LogP contribution >= 0.6 is 0 Å². The number of ether oxygens (including phenoxy) is 1. The maximum Gasteiger partial charge on any atom is 0.321 e. The third-order valence-corrected chi connectivity index (χ3v) is 3.39. The Morgan fingerprint density at radius 1 is 1.26 bits per heavy atom. The molecule has 1 aromatic rings. The van der Waals surface area contributed by atoms with Gasteiger partial charge in [0.1, 0.15) is 17.9 Å². The number of sulfonamides is 1. The molecule has 0 saturated carbocycles. The standard InChI is InChI=1S/C12H17NO5S/c1-12(2,3)18-11(15)8-13-19(16,17)10-6-4-9(14)5-7-10/h4-7,13-14H,8H2,1-3H3. The van der Waals surface area contributed by atoms with Crippen LogP contribution in [0.2, 0.25) is 0 Å². The molecule has 0 aliphatic rings. The molecule has 0 aromatic heterocycles. The number of phenols is 1. The average molecular weight is 287 g/mol. The van der Waals surface area contributed by atoms with Gasteiger partial charge in [-0.15, -0.1) is 0 Å². The number of aromatic hydroxyl groups is 1. The summed E-state index contributed by atoms with van der Waals surface area (Å²) in [5.74, 6) is -0.694. The lowest BCUT2D eigenvalue weighted by molar-refractivity contribution is -0.153. The van der Waals surface area contributed by atoms with Gasteiger partial charge in [0, 0.05) is 0 Å². The Kier molecular flexibility index (Phi) is 4.54. The predicted molar refractivity (Wildman–Crippen MR) is 69.1 cm³/mol. The van der Waals surface area contributed by atoms with Gasteiger partial charge in [-0.3, -0.25) is 4.79 Å². The summed E-state index contributed by atoms with van der Waals surface area (Å²) >= 11 is 0. The van der Waals surface area contributed by atoms with Crippen LogP contribution in [0.5, 0.6) is 5.75 Å². The van der Waals surface area contributed by atoms with Gasteiger partial charge in [-0.1, -0.05) is 0 Å². The minimum Gasteiger partial charge on any atom is -0.508 e. The number of hydrogen-bond donors (Lipinski definition) is 2. The number of hydrogen-bond acceptors (Lipinski definition) is 5. The molecule has 0 bridgehead atoms. The Hall–Kier alpha value is -1.60. The normalized spacial score (nSPS) is 12.2. The van der Waals surface area contributed by atoms with Crippen LogP contribution in [-0.2, 0) is 19.6 Å². The summed E-state index contributed by atoms with van der Waals surface area (Å²) in [6.45, 7) is 4.64. The van der Waals surface area contributed by atoms with Gasteiger partial charge in [-0.05, 0) is 45.0 Å². The van der Waals surface area contributed by atoms with Crippen molar-refractivity contribution in [1.29, 1.82) is 0 Å². The third-order valence-electron chi connectivity index (χ3n) is 1.97. The Balaban J connectivity index is 2.66. The van der Waals surface area contributed by atoms with Gasteiger partial charge in [-0.2, -0.15) is 4.72 Å². The van der Waals surface area contributed by atoms with Crippen molar-refractivity contribution in [2.45, 2.75) is 31.3 Å². The molecule has 0 saturated heterocycles. The zero-order valence-electron chi connectivity index (χ0n) is 11.0. The quantitative estimate of drug-likeness (QED) is 0.806. The first-order valence-corrected chi connectivity index (χ1v) is 7.09. The fourth-order valence-corrected chi connectivity index (χ4v) is 2.21. The molecule has 0 spiro atoms.